The van der Waals surface area contributed by atoms with Crippen LogP contribution in [0.2, 0.25) is 0 Å². The van der Waals surface area contributed by atoms with Gasteiger partial charge in [-0.1, -0.05) is 0 Å². The molecular weight excluding hydrogens is 295 g/mol. The first-order valence-corrected chi connectivity index (χ1v) is 7.34. The zero-order valence-corrected chi connectivity index (χ0v) is 11.8. The summed E-state index contributed by atoms with van der Waals surface area (Å²) in [5.41, 5.74) is 0.611. The van der Waals surface area contributed by atoms with Crippen LogP contribution in [0, 0.1) is 24.1 Å². The van der Waals surface area contributed by atoms with Crippen LogP contribution in [0.15, 0.2) is 41.3 Å². The Hall–Kier alpha value is -2.59. The summed E-state index contributed by atoms with van der Waals surface area (Å²) < 4.78 is 39.6. The summed E-state index contributed by atoms with van der Waals surface area (Å²) in [6.45, 7) is 1.56. The lowest BCUT2D eigenvalue weighted by molar-refractivity contribution is 0.471. The Morgan fingerprint density at radius 2 is 1.95 bits per heavy atom. The van der Waals surface area contributed by atoms with E-state index in [4.69, 9.17) is 5.26 Å². The van der Waals surface area contributed by atoms with Crippen molar-refractivity contribution in [3.63, 3.8) is 0 Å². The largest absolute Gasteiger partial charge is 0.506 e. The molecule has 0 saturated carbocycles. The van der Waals surface area contributed by atoms with Crippen LogP contribution < -0.4 is 4.72 Å². The quantitative estimate of drug-likeness (QED) is 0.853. The van der Waals surface area contributed by atoms with Crippen LogP contribution in [0.5, 0.6) is 5.75 Å². The van der Waals surface area contributed by atoms with Crippen molar-refractivity contribution in [2.75, 3.05) is 4.72 Å². The van der Waals surface area contributed by atoms with Crippen molar-refractivity contribution in [1.82, 2.24) is 0 Å². The van der Waals surface area contributed by atoms with Gasteiger partial charge in [0.2, 0.25) is 0 Å². The summed E-state index contributed by atoms with van der Waals surface area (Å²) in [4.78, 5) is -0.0229. The lowest BCUT2D eigenvalue weighted by atomic mass is 10.2. The average Bonchev–Trinajstić information content (AvgIpc) is 2.41. The molecule has 5 nitrogen and oxygen atoms in total. The summed E-state index contributed by atoms with van der Waals surface area (Å²) in [5.74, 6) is -1.19. The van der Waals surface area contributed by atoms with Crippen molar-refractivity contribution in [3.8, 4) is 11.8 Å². The number of anilines is 1. The number of rotatable bonds is 3. The second-order valence-electron chi connectivity index (χ2n) is 4.36. The first-order chi connectivity index (χ1) is 9.83. The Balaban J connectivity index is 2.41. The van der Waals surface area contributed by atoms with Gasteiger partial charge in [-0.05, 0) is 42.8 Å². The molecule has 0 atom stereocenters. The van der Waals surface area contributed by atoms with E-state index in [2.05, 4.69) is 4.72 Å². The Labute approximate surface area is 121 Å². The third-order valence-corrected chi connectivity index (χ3v) is 4.32. The zero-order valence-electron chi connectivity index (χ0n) is 11.0. The molecule has 0 aliphatic heterocycles. The van der Waals surface area contributed by atoms with E-state index in [0.717, 1.165) is 18.2 Å². The third kappa shape index (κ3) is 3.12. The molecule has 2 rings (SSSR count). The molecule has 21 heavy (non-hydrogen) atoms. The van der Waals surface area contributed by atoms with E-state index in [-0.39, 0.29) is 10.6 Å². The average molecular weight is 306 g/mol. The highest BCUT2D eigenvalue weighted by Crippen LogP contribution is 2.27. The first-order valence-electron chi connectivity index (χ1n) is 5.85. The molecule has 0 aromatic heterocycles. The number of aryl methyl sites for hydroxylation is 1. The Morgan fingerprint density at radius 1 is 1.24 bits per heavy atom. The number of hydrogen-bond donors (Lipinski definition) is 2. The van der Waals surface area contributed by atoms with E-state index in [1.807, 2.05) is 6.07 Å². The summed E-state index contributed by atoms with van der Waals surface area (Å²) in [7, 11) is -3.95. The van der Waals surface area contributed by atoms with Crippen LogP contribution in [0.4, 0.5) is 10.1 Å². The van der Waals surface area contributed by atoms with Gasteiger partial charge in [0.25, 0.3) is 10.0 Å². The second kappa shape index (κ2) is 5.42. The molecule has 0 fully saturated rings. The van der Waals surface area contributed by atoms with Crippen LogP contribution >= 0.6 is 0 Å². The summed E-state index contributed by atoms with van der Waals surface area (Å²) >= 11 is 0. The molecule has 2 aromatic carbocycles. The van der Waals surface area contributed by atoms with Crippen molar-refractivity contribution < 1.29 is 17.9 Å². The standard InChI is InChI=1S/C14H11FN2O3S/c1-9-6-10(8-16)2-5-14(9)21(19,20)17-12-4-3-11(15)7-13(12)18/h2-7,17-18H,1H3. The van der Waals surface area contributed by atoms with Crippen molar-refractivity contribution in [1.29, 1.82) is 5.26 Å². The predicted molar refractivity (Wildman–Crippen MR) is 74.8 cm³/mol. The minimum absolute atomic E-state index is 0.0229. The fourth-order valence-corrected chi connectivity index (χ4v) is 3.11. The molecule has 2 aromatic rings. The van der Waals surface area contributed by atoms with Gasteiger partial charge in [0.05, 0.1) is 22.2 Å². The summed E-state index contributed by atoms with van der Waals surface area (Å²) in [6, 6.07) is 9.01. The molecule has 0 bridgehead atoms. The van der Waals surface area contributed by atoms with Gasteiger partial charge >= 0.3 is 0 Å². The van der Waals surface area contributed by atoms with Crippen molar-refractivity contribution >= 4 is 15.7 Å². The minimum atomic E-state index is -3.95. The van der Waals surface area contributed by atoms with Gasteiger partial charge in [0, 0.05) is 6.07 Å². The van der Waals surface area contributed by atoms with Crippen molar-refractivity contribution in [2.24, 2.45) is 0 Å². The molecule has 0 amide bonds. The molecule has 108 valence electrons. The zero-order chi connectivity index (χ0) is 15.6. The van der Waals surface area contributed by atoms with E-state index in [0.29, 0.717) is 11.1 Å². The van der Waals surface area contributed by atoms with Crippen LogP contribution in [0.1, 0.15) is 11.1 Å². The maximum Gasteiger partial charge on any atom is 0.262 e. The van der Waals surface area contributed by atoms with Gasteiger partial charge in [-0.2, -0.15) is 5.26 Å². The molecule has 0 aliphatic rings. The van der Waals surface area contributed by atoms with Crippen LogP contribution in [-0.4, -0.2) is 13.5 Å². The molecule has 0 radical (unpaired) electrons. The highest BCUT2D eigenvalue weighted by molar-refractivity contribution is 7.92. The first kappa shape index (κ1) is 14.8. The topological polar surface area (TPSA) is 90.2 Å². The molecule has 0 aliphatic carbocycles. The van der Waals surface area contributed by atoms with E-state index >= 15 is 0 Å². The Kier molecular flexibility index (Phi) is 3.82. The lowest BCUT2D eigenvalue weighted by Gasteiger charge is -2.11. The minimum Gasteiger partial charge on any atom is -0.506 e. The number of nitriles is 1. The number of phenols is 1. The molecule has 0 spiro atoms. The Bertz CT molecular complexity index is 842. The van der Waals surface area contributed by atoms with Gasteiger partial charge < -0.3 is 5.11 Å². The van der Waals surface area contributed by atoms with Crippen LogP contribution in [-0.2, 0) is 10.0 Å². The molecule has 0 heterocycles. The number of nitrogens with one attached hydrogen (secondary N) is 1. The number of phenolic OH excluding ortho intramolecular Hbond substituents is 1. The van der Waals surface area contributed by atoms with E-state index < -0.39 is 21.6 Å². The maximum absolute atomic E-state index is 12.9. The van der Waals surface area contributed by atoms with Crippen LogP contribution in [0.25, 0.3) is 0 Å². The Morgan fingerprint density at radius 3 is 2.52 bits per heavy atom. The second-order valence-corrected chi connectivity index (χ2v) is 6.01. The number of nitrogens with zero attached hydrogens (tertiary/aromatic N) is 1. The van der Waals surface area contributed by atoms with Gasteiger partial charge in [-0.25, -0.2) is 12.8 Å². The maximum atomic E-state index is 12.9. The normalized spacial score (nSPS) is 10.9. The van der Waals surface area contributed by atoms with E-state index in [9.17, 15) is 17.9 Å². The van der Waals surface area contributed by atoms with Gasteiger partial charge in [-0.15, -0.1) is 0 Å². The number of sulfonamides is 1. The van der Waals surface area contributed by atoms with Crippen molar-refractivity contribution in [3.05, 3.63) is 53.3 Å². The number of benzene rings is 2. The molecule has 2 N–H and O–H groups in total. The highest BCUT2D eigenvalue weighted by atomic mass is 32.2. The van der Waals surface area contributed by atoms with Gasteiger partial charge in [-0.3, -0.25) is 4.72 Å². The summed E-state index contributed by atoms with van der Waals surface area (Å²) in [6.07, 6.45) is 0. The fraction of sp³-hybridized carbons (Fsp3) is 0.0714. The monoisotopic (exact) mass is 306 g/mol. The molecule has 7 heteroatoms. The van der Waals surface area contributed by atoms with E-state index in [1.54, 1.807) is 6.92 Å². The fourth-order valence-electron chi connectivity index (χ4n) is 1.81. The SMILES string of the molecule is Cc1cc(C#N)ccc1S(=O)(=O)Nc1ccc(F)cc1O. The third-order valence-electron chi connectivity index (χ3n) is 2.80. The summed E-state index contributed by atoms with van der Waals surface area (Å²) in [5, 5.41) is 18.3. The number of halogens is 1. The lowest BCUT2D eigenvalue weighted by Crippen LogP contribution is -2.14. The van der Waals surface area contributed by atoms with Gasteiger partial charge in [0.1, 0.15) is 11.6 Å². The van der Waals surface area contributed by atoms with Crippen LogP contribution in [0.3, 0.4) is 0 Å². The van der Waals surface area contributed by atoms with Crippen molar-refractivity contribution in [2.45, 2.75) is 11.8 Å². The highest BCUT2D eigenvalue weighted by Gasteiger charge is 2.18. The van der Waals surface area contributed by atoms with E-state index in [1.165, 1.54) is 18.2 Å². The number of hydrogen-bond acceptors (Lipinski definition) is 4. The molecule has 0 unspecified atom stereocenters. The number of aromatic hydroxyl groups is 1. The molecule has 0 saturated heterocycles. The predicted octanol–water partition coefficient (Wildman–Crippen LogP) is 2.51. The smallest absolute Gasteiger partial charge is 0.262 e. The molecular formula is C14H11FN2O3S. The van der Waals surface area contributed by atoms with Gasteiger partial charge in [0.15, 0.2) is 0 Å².